The van der Waals surface area contributed by atoms with Crippen molar-refractivity contribution in [2.24, 2.45) is 0 Å². The predicted molar refractivity (Wildman–Crippen MR) is 100 cm³/mol. The van der Waals surface area contributed by atoms with Crippen LogP contribution in [0, 0.1) is 0 Å². The lowest BCUT2D eigenvalue weighted by atomic mass is 10.1. The molecular weight excluding hydrogens is 350 g/mol. The minimum Gasteiger partial charge on any atom is -0.497 e. The maximum atomic E-state index is 11.9. The van der Waals surface area contributed by atoms with Crippen LogP contribution in [0.2, 0.25) is 0 Å². The molecule has 134 valence electrons. The molecule has 0 atom stereocenters. The first-order valence-electron chi connectivity index (χ1n) is 8.16. The molecule has 0 aliphatic carbocycles. The minimum absolute atomic E-state index is 0.0667. The van der Waals surface area contributed by atoms with Gasteiger partial charge in [0.25, 0.3) is 5.22 Å². The molecule has 3 aromatic rings. The van der Waals surface area contributed by atoms with Crippen LogP contribution in [0.1, 0.15) is 5.56 Å². The first kappa shape index (κ1) is 18.0. The molecule has 0 saturated carbocycles. The number of hydrogen-bond donors (Lipinski definition) is 1. The number of nitrogens with zero attached hydrogens (tertiary/aromatic N) is 2. The molecule has 2 aromatic carbocycles. The number of nitrogens with one attached hydrogen (secondary N) is 1. The predicted octanol–water partition coefficient (Wildman–Crippen LogP) is 3.20. The van der Waals surface area contributed by atoms with Gasteiger partial charge < -0.3 is 14.5 Å². The first-order chi connectivity index (χ1) is 12.7. The number of aromatic nitrogens is 2. The molecule has 0 spiro atoms. The van der Waals surface area contributed by atoms with E-state index in [9.17, 15) is 4.79 Å². The Kier molecular flexibility index (Phi) is 6.27. The van der Waals surface area contributed by atoms with Gasteiger partial charge in [-0.15, -0.1) is 10.2 Å². The van der Waals surface area contributed by atoms with Crippen molar-refractivity contribution >= 4 is 17.7 Å². The smallest absolute Gasteiger partial charge is 0.277 e. The molecule has 6 nitrogen and oxygen atoms in total. The van der Waals surface area contributed by atoms with Crippen LogP contribution < -0.4 is 10.1 Å². The van der Waals surface area contributed by atoms with Gasteiger partial charge >= 0.3 is 0 Å². The van der Waals surface area contributed by atoms with Gasteiger partial charge in [0.2, 0.25) is 11.8 Å². The van der Waals surface area contributed by atoms with Crippen LogP contribution in [0.5, 0.6) is 5.75 Å². The van der Waals surface area contributed by atoms with E-state index < -0.39 is 0 Å². The van der Waals surface area contributed by atoms with Gasteiger partial charge in [0.1, 0.15) is 5.75 Å². The number of thioether (sulfide) groups is 1. The van der Waals surface area contributed by atoms with Gasteiger partial charge in [-0.3, -0.25) is 4.79 Å². The summed E-state index contributed by atoms with van der Waals surface area (Å²) in [6.07, 6.45) is 0.763. The number of rotatable bonds is 8. The van der Waals surface area contributed by atoms with Crippen LogP contribution in [0.3, 0.4) is 0 Å². The van der Waals surface area contributed by atoms with Gasteiger partial charge in [-0.1, -0.05) is 42.1 Å². The average molecular weight is 369 g/mol. The second-order valence-electron chi connectivity index (χ2n) is 5.48. The van der Waals surface area contributed by atoms with E-state index in [4.69, 9.17) is 9.15 Å². The highest BCUT2D eigenvalue weighted by atomic mass is 32.2. The quantitative estimate of drug-likeness (QED) is 0.615. The van der Waals surface area contributed by atoms with E-state index in [0.717, 1.165) is 23.3 Å². The van der Waals surface area contributed by atoms with Gasteiger partial charge in [-0.2, -0.15) is 0 Å². The number of methoxy groups -OCH3 is 1. The van der Waals surface area contributed by atoms with Crippen LogP contribution in [0.15, 0.2) is 64.2 Å². The number of carbonyl (C=O) groups is 1. The monoisotopic (exact) mass is 369 g/mol. The number of hydrogen-bond acceptors (Lipinski definition) is 6. The largest absolute Gasteiger partial charge is 0.497 e. The highest BCUT2D eigenvalue weighted by Gasteiger charge is 2.10. The summed E-state index contributed by atoms with van der Waals surface area (Å²) in [5.41, 5.74) is 2.00. The fraction of sp³-hybridized carbons (Fsp3) is 0.211. The molecule has 1 aromatic heterocycles. The summed E-state index contributed by atoms with van der Waals surface area (Å²) in [5.74, 6) is 1.44. The first-order valence-corrected chi connectivity index (χ1v) is 9.14. The number of ether oxygens (including phenoxy) is 1. The third-order valence-electron chi connectivity index (χ3n) is 3.65. The second kappa shape index (κ2) is 9.05. The summed E-state index contributed by atoms with van der Waals surface area (Å²) in [7, 11) is 1.64. The van der Waals surface area contributed by atoms with Crippen molar-refractivity contribution < 1.29 is 13.9 Å². The molecule has 0 saturated heterocycles. The van der Waals surface area contributed by atoms with Gasteiger partial charge in [0, 0.05) is 12.1 Å². The molecule has 3 rings (SSSR count). The lowest BCUT2D eigenvalue weighted by Crippen LogP contribution is -2.27. The Hall–Kier alpha value is -2.80. The Balaban J connectivity index is 1.40. The number of benzene rings is 2. The average Bonchev–Trinajstić information content (AvgIpc) is 3.17. The molecule has 1 heterocycles. The Morgan fingerprint density at radius 2 is 1.88 bits per heavy atom. The third-order valence-corrected chi connectivity index (χ3v) is 4.47. The molecule has 26 heavy (non-hydrogen) atoms. The summed E-state index contributed by atoms with van der Waals surface area (Å²) in [6.45, 7) is 0.574. The lowest BCUT2D eigenvalue weighted by molar-refractivity contribution is -0.118. The molecule has 0 radical (unpaired) electrons. The zero-order valence-electron chi connectivity index (χ0n) is 14.3. The van der Waals surface area contributed by atoms with Crippen molar-refractivity contribution in [1.29, 1.82) is 0 Å². The van der Waals surface area contributed by atoms with Crippen molar-refractivity contribution in [3.63, 3.8) is 0 Å². The van der Waals surface area contributed by atoms with Crippen LogP contribution in [0.4, 0.5) is 0 Å². The van der Waals surface area contributed by atoms with Crippen molar-refractivity contribution in [2.75, 3.05) is 19.4 Å². The van der Waals surface area contributed by atoms with Gasteiger partial charge in [-0.05, 0) is 36.2 Å². The summed E-state index contributed by atoms with van der Waals surface area (Å²) >= 11 is 1.23. The van der Waals surface area contributed by atoms with Crippen LogP contribution in [-0.4, -0.2) is 35.5 Å². The van der Waals surface area contributed by atoms with E-state index in [1.165, 1.54) is 11.8 Å². The molecule has 1 amide bonds. The molecule has 0 aliphatic rings. The van der Waals surface area contributed by atoms with Gasteiger partial charge in [-0.25, -0.2) is 0 Å². The van der Waals surface area contributed by atoms with Crippen molar-refractivity contribution in [2.45, 2.75) is 11.6 Å². The van der Waals surface area contributed by atoms with Crippen LogP contribution in [0.25, 0.3) is 11.5 Å². The third kappa shape index (κ3) is 5.10. The minimum atomic E-state index is -0.0667. The highest BCUT2D eigenvalue weighted by molar-refractivity contribution is 7.99. The van der Waals surface area contributed by atoms with E-state index in [-0.39, 0.29) is 11.7 Å². The number of carbonyl (C=O) groups excluding carboxylic acids is 1. The van der Waals surface area contributed by atoms with Crippen molar-refractivity contribution in [1.82, 2.24) is 15.5 Å². The van der Waals surface area contributed by atoms with Gasteiger partial charge in [0.15, 0.2) is 0 Å². The zero-order chi connectivity index (χ0) is 18.2. The fourth-order valence-electron chi connectivity index (χ4n) is 2.28. The normalized spacial score (nSPS) is 10.5. The Bertz CT molecular complexity index is 835. The van der Waals surface area contributed by atoms with E-state index >= 15 is 0 Å². The zero-order valence-corrected chi connectivity index (χ0v) is 15.2. The van der Waals surface area contributed by atoms with E-state index in [2.05, 4.69) is 15.5 Å². The fourth-order valence-corrected chi connectivity index (χ4v) is 2.88. The maximum Gasteiger partial charge on any atom is 0.277 e. The highest BCUT2D eigenvalue weighted by Crippen LogP contribution is 2.22. The molecular formula is C19H19N3O3S. The van der Waals surface area contributed by atoms with Gasteiger partial charge in [0.05, 0.1) is 12.9 Å². The summed E-state index contributed by atoms with van der Waals surface area (Å²) in [5, 5.41) is 11.2. The van der Waals surface area contributed by atoms with Crippen molar-refractivity contribution in [3.05, 3.63) is 60.2 Å². The maximum absolute atomic E-state index is 11.9. The molecule has 1 N–H and O–H groups in total. The van der Waals surface area contributed by atoms with E-state index in [1.807, 2.05) is 54.6 Å². The summed E-state index contributed by atoms with van der Waals surface area (Å²) < 4.78 is 10.7. The lowest BCUT2D eigenvalue weighted by Gasteiger charge is -2.05. The van der Waals surface area contributed by atoms with Crippen LogP contribution in [-0.2, 0) is 11.2 Å². The molecule has 0 unspecified atom stereocenters. The summed E-state index contributed by atoms with van der Waals surface area (Å²) in [6, 6.07) is 17.3. The SMILES string of the molecule is COc1ccc(CCNC(=O)CSc2nnc(-c3ccccc3)o2)cc1. The molecule has 0 aliphatic heterocycles. The Morgan fingerprint density at radius 1 is 1.12 bits per heavy atom. The summed E-state index contributed by atoms with van der Waals surface area (Å²) in [4.78, 5) is 11.9. The van der Waals surface area contributed by atoms with Crippen molar-refractivity contribution in [3.8, 4) is 17.2 Å². The Labute approximate surface area is 156 Å². The molecule has 7 heteroatoms. The molecule has 0 bridgehead atoms. The van der Waals surface area contributed by atoms with E-state index in [1.54, 1.807) is 7.11 Å². The van der Waals surface area contributed by atoms with Crippen LogP contribution >= 0.6 is 11.8 Å². The van der Waals surface area contributed by atoms with E-state index in [0.29, 0.717) is 17.7 Å². The topological polar surface area (TPSA) is 77.2 Å². The Morgan fingerprint density at radius 3 is 2.62 bits per heavy atom. The number of amides is 1. The standard InChI is InChI=1S/C19H19N3O3S/c1-24-16-9-7-14(8-10-16)11-12-20-17(23)13-26-19-22-21-18(25-19)15-5-3-2-4-6-15/h2-10H,11-13H2,1H3,(H,20,23). The second-order valence-corrected chi connectivity index (χ2v) is 6.40. The molecule has 0 fully saturated rings.